The van der Waals surface area contributed by atoms with Gasteiger partial charge in [0.05, 0.1) is 6.04 Å². The van der Waals surface area contributed by atoms with Gasteiger partial charge in [-0.05, 0) is 24.8 Å². The molecule has 176 valence electrons. The zero-order valence-corrected chi connectivity index (χ0v) is 17.7. The van der Waals surface area contributed by atoms with Gasteiger partial charge in [0.25, 0.3) is 0 Å². The molecule has 1 rings (SSSR count). The van der Waals surface area contributed by atoms with E-state index >= 15 is 0 Å². The second-order valence-electron chi connectivity index (χ2n) is 7.21. The second kappa shape index (κ2) is 13.6. The first-order valence-electron chi connectivity index (χ1n) is 10.1. The van der Waals surface area contributed by atoms with E-state index in [-0.39, 0.29) is 38.2 Å². The molecule has 3 amide bonds. The highest BCUT2D eigenvalue weighted by molar-refractivity contribution is 5.92. The van der Waals surface area contributed by atoms with Crippen molar-refractivity contribution >= 4 is 29.7 Å². The van der Waals surface area contributed by atoms with E-state index < -0.39 is 41.8 Å². The molecule has 0 heterocycles. The molecule has 0 radical (unpaired) electrons. The summed E-state index contributed by atoms with van der Waals surface area (Å²) in [5, 5.41) is 14.4. The third-order valence-corrected chi connectivity index (χ3v) is 4.51. The van der Waals surface area contributed by atoms with Gasteiger partial charge < -0.3 is 38.7 Å². The maximum absolute atomic E-state index is 12.7. The molecule has 0 aliphatic heterocycles. The van der Waals surface area contributed by atoms with Crippen molar-refractivity contribution in [1.82, 2.24) is 10.6 Å². The van der Waals surface area contributed by atoms with Gasteiger partial charge in [0.2, 0.25) is 17.7 Å². The number of hydrogen-bond acceptors (Lipinski definition) is 6. The zero-order chi connectivity index (χ0) is 24.1. The van der Waals surface area contributed by atoms with Gasteiger partial charge in [-0.1, -0.05) is 30.3 Å². The predicted molar refractivity (Wildman–Crippen MR) is 118 cm³/mol. The van der Waals surface area contributed by atoms with Crippen molar-refractivity contribution < 1.29 is 24.3 Å². The third-order valence-electron chi connectivity index (χ3n) is 4.51. The maximum atomic E-state index is 12.7. The Morgan fingerprint density at radius 3 is 2.12 bits per heavy atom. The summed E-state index contributed by atoms with van der Waals surface area (Å²) in [6, 6.07) is 5.38. The largest absolute Gasteiger partial charge is 0.480 e. The van der Waals surface area contributed by atoms with E-state index in [1.807, 2.05) is 0 Å². The molecule has 1 aromatic rings. The summed E-state index contributed by atoms with van der Waals surface area (Å²) in [5.74, 6) is -3.36. The molecule has 3 atom stereocenters. The molecule has 12 nitrogen and oxygen atoms in total. The van der Waals surface area contributed by atoms with Gasteiger partial charge >= 0.3 is 5.97 Å². The summed E-state index contributed by atoms with van der Waals surface area (Å²) >= 11 is 0. The Hall–Kier alpha value is -3.67. The molecule has 0 bridgehead atoms. The normalized spacial score (nSPS) is 13.3. The number of rotatable bonds is 14. The van der Waals surface area contributed by atoms with Crippen LogP contribution in [0.4, 0.5) is 0 Å². The van der Waals surface area contributed by atoms with Gasteiger partial charge in [-0.25, -0.2) is 4.79 Å². The molecular formula is C20H31N7O5. The van der Waals surface area contributed by atoms with Crippen LogP contribution in [0.2, 0.25) is 0 Å². The minimum atomic E-state index is -1.24. The van der Waals surface area contributed by atoms with Gasteiger partial charge in [-0.2, -0.15) is 0 Å². The van der Waals surface area contributed by atoms with Crippen molar-refractivity contribution in [2.45, 2.75) is 50.2 Å². The summed E-state index contributed by atoms with van der Waals surface area (Å²) in [6.07, 6.45) is 0.434. The van der Waals surface area contributed by atoms with E-state index in [1.165, 1.54) is 0 Å². The average Bonchev–Trinajstić information content (AvgIpc) is 2.73. The third kappa shape index (κ3) is 10.4. The number of carboxylic acids is 1. The van der Waals surface area contributed by atoms with Crippen LogP contribution in [0.25, 0.3) is 0 Å². The number of guanidine groups is 1. The van der Waals surface area contributed by atoms with Crippen LogP contribution in [0.15, 0.2) is 35.3 Å². The Kier molecular flexibility index (Phi) is 11.2. The Morgan fingerprint density at radius 1 is 0.938 bits per heavy atom. The molecule has 0 saturated heterocycles. The molecule has 0 saturated carbocycles. The molecule has 0 aliphatic carbocycles. The van der Waals surface area contributed by atoms with Crippen molar-refractivity contribution in [3.05, 3.63) is 35.9 Å². The highest BCUT2D eigenvalue weighted by Crippen LogP contribution is 2.06. The van der Waals surface area contributed by atoms with E-state index in [0.29, 0.717) is 12.0 Å². The summed E-state index contributed by atoms with van der Waals surface area (Å²) in [4.78, 5) is 51.7. The first-order valence-corrected chi connectivity index (χ1v) is 10.1. The van der Waals surface area contributed by atoms with Crippen LogP contribution < -0.4 is 33.6 Å². The lowest BCUT2D eigenvalue weighted by Crippen LogP contribution is -2.55. The number of hydrogen-bond donors (Lipinski definition) is 7. The molecule has 0 aromatic heterocycles. The lowest BCUT2D eigenvalue weighted by molar-refractivity contribution is -0.142. The number of nitrogens with one attached hydrogen (secondary N) is 2. The number of aliphatic imine (C=N–C) groups is 1. The molecule has 0 spiro atoms. The van der Waals surface area contributed by atoms with Crippen LogP contribution in [0.1, 0.15) is 31.2 Å². The summed E-state index contributed by atoms with van der Waals surface area (Å²) in [6.45, 7) is 0.286. The number of aliphatic carboxylic acids is 1. The van der Waals surface area contributed by atoms with Gasteiger partial charge in [0.1, 0.15) is 12.1 Å². The second-order valence-corrected chi connectivity index (χ2v) is 7.21. The van der Waals surface area contributed by atoms with Gasteiger partial charge in [0, 0.05) is 19.4 Å². The van der Waals surface area contributed by atoms with Crippen LogP contribution >= 0.6 is 0 Å². The van der Waals surface area contributed by atoms with E-state index in [4.69, 9.17) is 22.9 Å². The van der Waals surface area contributed by atoms with Crippen LogP contribution in [0.5, 0.6) is 0 Å². The Morgan fingerprint density at radius 2 is 1.56 bits per heavy atom. The fourth-order valence-corrected chi connectivity index (χ4v) is 2.81. The average molecular weight is 450 g/mol. The monoisotopic (exact) mass is 449 g/mol. The zero-order valence-electron chi connectivity index (χ0n) is 17.7. The van der Waals surface area contributed by atoms with Crippen molar-refractivity contribution in [3.8, 4) is 0 Å². The van der Waals surface area contributed by atoms with Gasteiger partial charge in [-0.3, -0.25) is 19.4 Å². The van der Waals surface area contributed by atoms with E-state index in [0.717, 1.165) is 0 Å². The molecule has 0 fully saturated rings. The molecule has 11 N–H and O–H groups in total. The van der Waals surface area contributed by atoms with Crippen LogP contribution in [-0.2, 0) is 25.6 Å². The summed E-state index contributed by atoms with van der Waals surface area (Å²) < 4.78 is 0. The summed E-state index contributed by atoms with van der Waals surface area (Å²) in [7, 11) is 0. The van der Waals surface area contributed by atoms with Crippen molar-refractivity contribution in [2.75, 3.05) is 6.54 Å². The number of nitrogens with two attached hydrogens (primary N) is 4. The van der Waals surface area contributed by atoms with Gasteiger partial charge in [-0.15, -0.1) is 0 Å². The summed E-state index contributed by atoms with van der Waals surface area (Å²) in [5.41, 5.74) is 22.2. The number of carbonyl (C=O) groups is 4. The van der Waals surface area contributed by atoms with Crippen molar-refractivity contribution in [2.24, 2.45) is 27.9 Å². The highest BCUT2D eigenvalue weighted by Gasteiger charge is 2.28. The molecular weight excluding hydrogens is 418 g/mol. The van der Waals surface area contributed by atoms with Crippen molar-refractivity contribution in [3.63, 3.8) is 0 Å². The Labute approximate surface area is 185 Å². The molecule has 3 unspecified atom stereocenters. The molecule has 32 heavy (non-hydrogen) atoms. The fraction of sp³-hybridized carbons (Fsp3) is 0.450. The molecule has 1 aromatic carbocycles. The standard InChI is InChI=1S/C20H31N7O5/c21-13(7-4-10-25-20(23)24)17(29)26-14(8-9-16(22)28)18(30)27-15(19(31)32)11-12-5-2-1-3-6-12/h1-3,5-6,13-15H,4,7-11,21H2,(H2,22,28)(H,26,29)(H,27,30)(H,31,32)(H4,23,24,25). The van der Waals surface area contributed by atoms with E-state index in [2.05, 4.69) is 15.6 Å². The Bertz CT molecular complexity index is 812. The van der Waals surface area contributed by atoms with Gasteiger partial charge in [0.15, 0.2) is 5.96 Å². The lowest BCUT2D eigenvalue weighted by Gasteiger charge is -2.22. The predicted octanol–water partition coefficient (Wildman–Crippen LogP) is -2.07. The number of carboxylic acid groups (broad SMARTS) is 1. The highest BCUT2D eigenvalue weighted by atomic mass is 16.4. The van der Waals surface area contributed by atoms with Crippen molar-refractivity contribution in [1.29, 1.82) is 0 Å². The number of carbonyl (C=O) groups excluding carboxylic acids is 3. The first kappa shape index (κ1) is 26.4. The number of benzene rings is 1. The molecule has 12 heteroatoms. The minimum Gasteiger partial charge on any atom is -0.480 e. The Balaban J connectivity index is 2.78. The van der Waals surface area contributed by atoms with E-state index in [9.17, 15) is 24.3 Å². The topological polar surface area (TPSA) is 229 Å². The number of amides is 3. The van der Waals surface area contributed by atoms with Crippen LogP contribution in [0.3, 0.4) is 0 Å². The minimum absolute atomic E-state index is 0.0443. The van der Waals surface area contributed by atoms with Crippen LogP contribution in [0, 0.1) is 0 Å². The SMILES string of the molecule is NC(=O)CCC(NC(=O)C(N)CCCN=C(N)N)C(=O)NC(Cc1ccccc1)C(=O)O. The number of primary amides is 1. The first-order chi connectivity index (χ1) is 15.1. The quantitative estimate of drug-likeness (QED) is 0.0945. The molecule has 0 aliphatic rings. The number of nitrogens with zero attached hydrogens (tertiary/aromatic N) is 1. The lowest BCUT2D eigenvalue weighted by atomic mass is 10.0. The smallest absolute Gasteiger partial charge is 0.326 e. The van der Waals surface area contributed by atoms with Crippen LogP contribution in [-0.4, -0.2) is 59.4 Å². The van der Waals surface area contributed by atoms with E-state index in [1.54, 1.807) is 30.3 Å². The maximum Gasteiger partial charge on any atom is 0.326 e. The fourth-order valence-electron chi connectivity index (χ4n) is 2.81.